The van der Waals surface area contributed by atoms with Crippen LogP contribution in [-0.4, -0.2) is 31.6 Å². The third-order valence-corrected chi connectivity index (χ3v) is 24.8. The zero-order chi connectivity index (χ0) is 17.4. The standard InChI is InChI=1S/C8H9O2S.3C4H9.Sn/c1-6-2-5-11-7(6)8-9-3-4-10-8;3*1-3-4-2;/h2,8H,3-4H2,1H3;3*1,3-4H2,2H3;. The van der Waals surface area contributed by atoms with Crippen LogP contribution < -0.4 is 2.89 Å². The Labute approximate surface area is 157 Å². The molecule has 1 aliphatic heterocycles. The van der Waals surface area contributed by atoms with Crippen LogP contribution >= 0.6 is 11.3 Å². The van der Waals surface area contributed by atoms with Crippen LogP contribution in [0.3, 0.4) is 0 Å². The van der Waals surface area contributed by atoms with E-state index in [0.717, 1.165) is 13.2 Å². The van der Waals surface area contributed by atoms with E-state index >= 15 is 0 Å². The van der Waals surface area contributed by atoms with E-state index in [1.54, 1.807) is 2.89 Å². The van der Waals surface area contributed by atoms with Gasteiger partial charge in [-0.1, -0.05) is 0 Å². The average Bonchev–Trinajstić information content (AvgIpc) is 3.24. The van der Waals surface area contributed by atoms with Gasteiger partial charge < -0.3 is 0 Å². The van der Waals surface area contributed by atoms with Crippen LogP contribution in [0, 0.1) is 6.92 Å². The molecule has 0 amide bonds. The van der Waals surface area contributed by atoms with Gasteiger partial charge in [0, 0.05) is 0 Å². The summed E-state index contributed by atoms with van der Waals surface area (Å²) in [5.41, 5.74) is 1.41. The molecule has 2 nitrogen and oxygen atoms in total. The van der Waals surface area contributed by atoms with Gasteiger partial charge in [-0.2, -0.15) is 0 Å². The van der Waals surface area contributed by atoms with Gasteiger partial charge in [-0.15, -0.1) is 0 Å². The van der Waals surface area contributed by atoms with E-state index in [4.69, 9.17) is 9.47 Å². The van der Waals surface area contributed by atoms with E-state index < -0.39 is 18.4 Å². The summed E-state index contributed by atoms with van der Waals surface area (Å²) in [6.07, 6.45) is 8.19. The van der Waals surface area contributed by atoms with Crippen molar-refractivity contribution >= 4 is 32.6 Å². The van der Waals surface area contributed by atoms with Gasteiger partial charge in [0.15, 0.2) is 0 Å². The van der Waals surface area contributed by atoms with Crippen LogP contribution in [-0.2, 0) is 9.47 Å². The molecule has 2 rings (SSSR count). The van der Waals surface area contributed by atoms with E-state index in [0.29, 0.717) is 0 Å². The summed E-state index contributed by atoms with van der Waals surface area (Å²) in [5, 5.41) is 0. The molecular weight excluding hydrogens is 423 g/mol. The molecule has 4 heteroatoms. The van der Waals surface area contributed by atoms with E-state index in [1.165, 1.54) is 62.3 Å². The second-order valence-corrected chi connectivity index (χ2v) is 22.6. The van der Waals surface area contributed by atoms with E-state index in [-0.39, 0.29) is 6.29 Å². The van der Waals surface area contributed by atoms with Gasteiger partial charge in [0.05, 0.1) is 0 Å². The molecule has 1 fully saturated rings. The SMILES string of the molecule is CCC[CH2][Sn]([CH2]CCC)([CH2]CCC)[c]1cc(C)c(C2OCCO2)s1. The number of unbranched alkanes of at least 4 members (excludes halogenated alkanes) is 3. The van der Waals surface area contributed by atoms with Crippen molar-refractivity contribution in [1.82, 2.24) is 0 Å². The zero-order valence-corrected chi connectivity index (χ0v) is 19.8. The minimum absolute atomic E-state index is 0.0868. The Kier molecular flexibility index (Phi) is 9.10. The van der Waals surface area contributed by atoms with E-state index in [2.05, 4.69) is 45.1 Å². The fourth-order valence-electron chi connectivity index (χ4n) is 3.79. The molecule has 2 heterocycles. The quantitative estimate of drug-likeness (QED) is 0.369. The number of ether oxygens (including phenoxy) is 2. The molecule has 0 N–H and O–H groups in total. The van der Waals surface area contributed by atoms with Crippen LogP contribution in [0.15, 0.2) is 6.07 Å². The van der Waals surface area contributed by atoms with Gasteiger partial charge in [0.2, 0.25) is 0 Å². The molecule has 0 bridgehead atoms. The molecule has 0 unspecified atom stereocenters. The Morgan fingerprint density at radius 3 is 1.92 bits per heavy atom. The third-order valence-electron chi connectivity index (χ3n) is 5.34. The van der Waals surface area contributed by atoms with Gasteiger partial charge in [-0.3, -0.25) is 0 Å². The fourth-order valence-corrected chi connectivity index (χ4v) is 24.3. The Morgan fingerprint density at radius 1 is 0.958 bits per heavy atom. The number of thiophene rings is 1. The van der Waals surface area contributed by atoms with Crippen molar-refractivity contribution in [2.75, 3.05) is 13.2 Å². The van der Waals surface area contributed by atoms with Crippen molar-refractivity contribution in [3.05, 3.63) is 16.5 Å². The third kappa shape index (κ3) is 5.21. The molecule has 24 heavy (non-hydrogen) atoms. The first-order valence-electron chi connectivity index (χ1n) is 10.0. The molecule has 1 aromatic heterocycles. The Hall–Kier alpha value is 0.419. The topological polar surface area (TPSA) is 18.5 Å². The molecule has 1 aromatic rings. The van der Waals surface area contributed by atoms with Gasteiger partial charge in [-0.25, -0.2) is 0 Å². The number of hydrogen-bond donors (Lipinski definition) is 0. The minimum atomic E-state index is -2.29. The Morgan fingerprint density at radius 2 is 1.46 bits per heavy atom. The first-order valence-corrected chi connectivity index (χ1v) is 18.3. The van der Waals surface area contributed by atoms with Crippen molar-refractivity contribution in [3.8, 4) is 0 Å². The molecule has 0 saturated carbocycles. The zero-order valence-electron chi connectivity index (χ0n) is 16.2. The Balaban J connectivity index is 2.30. The molecule has 1 aliphatic rings. The van der Waals surface area contributed by atoms with Gasteiger partial charge in [0.25, 0.3) is 0 Å². The number of aryl methyl sites for hydroxylation is 1. The van der Waals surface area contributed by atoms with Crippen LogP contribution in [0.25, 0.3) is 0 Å². The normalized spacial score (nSPS) is 16.2. The molecular formula is C20H36O2SSn. The van der Waals surface area contributed by atoms with Gasteiger partial charge in [0.1, 0.15) is 0 Å². The predicted molar refractivity (Wildman–Crippen MR) is 108 cm³/mol. The number of rotatable bonds is 11. The second-order valence-electron chi connectivity index (χ2n) is 7.32. The first kappa shape index (κ1) is 20.7. The van der Waals surface area contributed by atoms with Crippen LogP contribution in [0.1, 0.15) is 76.0 Å². The van der Waals surface area contributed by atoms with Gasteiger partial charge >= 0.3 is 158 Å². The Bertz CT molecular complexity index is 458. The summed E-state index contributed by atoms with van der Waals surface area (Å²) in [7, 11) is 0. The molecule has 0 radical (unpaired) electrons. The van der Waals surface area contributed by atoms with Crippen LogP contribution in [0.2, 0.25) is 13.3 Å². The molecule has 1 saturated heterocycles. The maximum absolute atomic E-state index is 5.80. The summed E-state index contributed by atoms with van der Waals surface area (Å²) in [4.78, 5) is 1.35. The molecule has 138 valence electrons. The second kappa shape index (κ2) is 10.5. The van der Waals surface area contributed by atoms with Gasteiger partial charge in [-0.05, 0) is 0 Å². The summed E-state index contributed by atoms with van der Waals surface area (Å²) >= 11 is -0.230. The summed E-state index contributed by atoms with van der Waals surface area (Å²) in [5.74, 6) is 0. The fraction of sp³-hybridized carbons (Fsp3) is 0.800. The first-order chi connectivity index (χ1) is 11.7. The molecule has 0 atom stereocenters. The molecule has 0 aliphatic carbocycles. The van der Waals surface area contributed by atoms with Crippen LogP contribution in [0.5, 0.6) is 0 Å². The molecule has 0 spiro atoms. The van der Waals surface area contributed by atoms with Crippen molar-refractivity contribution in [3.63, 3.8) is 0 Å². The predicted octanol–water partition coefficient (Wildman–Crippen LogP) is 6.16. The molecule has 0 aromatic carbocycles. The van der Waals surface area contributed by atoms with E-state index in [9.17, 15) is 0 Å². The average molecular weight is 459 g/mol. The monoisotopic (exact) mass is 460 g/mol. The van der Waals surface area contributed by atoms with Crippen LogP contribution in [0.4, 0.5) is 0 Å². The van der Waals surface area contributed by atoms with Crippen molar-refractivity contribution in [2.45, 2.75) is 85.8 Å². The van der Waals surface area contributed by atoms with Crippen molar-refractivity contribution in [2.24, 2.45) is 0 Å². The van der Waals surface area contributed by atoms with Crippen molar-refractivity contribution in [1.29, 1.82) is 0 Å². The summed E-state index contributed by atoms with van der Waals surface area (Å²) in [6.45, 7) is 10.8. The van der Waals surface area contributed by atoms with E-state index in [1.807, 2.05) is 0 Å². The van der Waals surface area contributed by atoms with Crippen molar-refractivity contribution < 1.29 is 9.47 Å². The maximum atomic E-state index is 5.80. The number of hydrogen-bond acceptors (Lipinski definition) is 3. The summed E-state index contributed by atoms with van der Waals surface area (Å²) in [6, 6.07) is 2.54. The summed E-state index contributed by atoms with van der Waals surface area (Å²) < 4.78 is 18.0.